The summed E-state index contributed by atoms with van der Waals surface area (Å²) in [6, 6.07) is 5.18. The van der Waals surface area contributed by atoms with Gasteiger partial charge in [-0.1, -0.05) is 25.2 Å². The van der Waals surface area contributed by atoms with Crippen LogP contribution in [0.1, 0.15) is 26.7 Å². The Bertz CT molecular complexity index is 1150. The van der Waals surface area contributed by atoms with E-state index in [9.17, 15) is 21.6 Å². The fourth-order valence-electron chi connectivity index (χ4n) is 3.51. The van der Waals surface area contributed by atoms with Crippen molar-refractivity contribution >= 4 is 58.5 Å². The Morgan fingerprint density at radius 1 is 1.19 bits per heavy atom. The van der Waals surface area contributed by atoms with Gasteiger partial charge in [-0.05, 0) is 31.0 Å². The first-order valence-corrected chi connectivity index (χ1v) is 14.1. The topological polar surface area (TPSA) is 129 Å². The van der Waals surface area contributed by atoms with E-state index in [0.29, 0.717) is 50.2 Å². The van der Waals surface area contributed by atoms with E-state index in [2.05, 4.69) is 15.0 Å². The second kappa shape index (κ2) is 9.36. The average Bonchev–Trinajstić information content (AvgIpc) is 3.08. The molecule has 1 aliphatic heterocycles. The van der Waals surface area contributed by atoms with Gasteiger partial charge in [0.25, 0.3) is 10.2 Å². The zero-order valence-electron chi connectivity index (χ0n) is 17.7. The molecule has 0 radical (unpaired) electrons. The van der Waals surface area contributed by atoms with Crippen molar-refractivity contribution in [3.05, 3.63) is 18.2 Å². The molecule has 10 nitrogen and oxygen atoms in total. The molecule has 1 fully saturated rings. The molecule has 13 heteroatoms. The molecule has 1 aromatic heterocycles. The molecule has 1 saturated heterocycles. The first-order chi connectivity index (χ1) is 14.5. The number of amides is 1. The monoisotopic (exact) mass is 489 g/mol. The molecule has 172 valence electrons. The van der Waals surface area contributed by atoms with E-state index in [-0.39, 0.29) is 17.0 Å². The number of fused-ring (bicyclic) bond motifs is 1. The Labute approximate surface area is 186 Å². The molecule has 2 aromatic rings. The van der Waals surface area contributed by atoms with Crippen LogP contribution in [0.15, 0.2) is 18.2 Å². The lowest BCUT2D eigenvalue weighted by molar-refractivity contribution is -0.120. The molecule has 1 aromatic carbocycles. The van der Waals surface area contributed by atoms with Crippen molar-refractivity contribution in [2.45, 2.75) is 26.7 Å². The largest absolute Gasteiger partial charge is 0.326 e. The number of benzene rings is 1. The normalized spacial score (nSPS) is 16.6. The van der Waals surface area contributed by atoms with Gasteiger partial charge in [-0.15, -0.1) is 0 Å². The maximum absolute atomic E-state index is 12.7. The van der Waals surface area contributed by atoms with Crippen molar-refractivity contribution in [2.75, 3.05) is 42.5 Å². The van der Waals surface area contributed by atoms with Gasteiger partial charge in [0, 0.05) is 37.8 Å². The number of piperidine rings is 1. The minimum absolute atomic E-state index is 0.154. The van der Waals surface area contributed by atoms with Crippen molar-refractivity contribution < 1.29 is 21.6 Å². The van der Waals surface area contributed by atoms with Gasteiger partial charge in [0.05, 0.1) is 16.5 Å². The number of hydrogen-bond acceptors (Lipinski definition) is 7. The Balaban J connectivity index is 1.63. The number of thiazole rings is 1. The van der Waals surface area contributed by atoms with Crippen LogP contribution in [0.3, 0.4) is 0 Å². The Morgan fingerprint density at radius 2 is 1.84 bits per heavy atom. The van der Waals surface area contributed by atoms with E-state index < -0.39 is 20.2 Å². The lowest BCUT2D eigenvalue weighted by atomic mass is 9.97. The summed E-state index contributed by atoms with van der Waals surface area (Å²) in [6.07, 6.45) is 1.97. The number of sulfonamides is 1. The minimum atomic E-state index is -3.49. The first-order valence-electron chi connectivity index (χ1n) is 9.98. The number of anilines is 2. The number of hydrogen-bond donors (Lipinski definition) is 2. The predicted molar refractivity (Wildman–Crippen MR) is 123 cm³/mol. The zero-order chi connectivity index (χ0) is 22.8. The fourth-order valence-corrected chi connectivity index (χ4v) is 6.90. The van der Waals surface area contributed by atoms with Gasteiger partial charge in [0.2, 0.25) is 15.9 Å². The quantitative estimate of drug-likeness (QED) is 0.583. The van der Waals surface area contributed by atoms with E-state index in [0.717, 1.165) is 11.0 Å². The van der Waals surface area contributed by atoms with Crippen molar-refractivity contribution in [3.8, 4) is 0 Å². The highest BCUT2D eigenvalue weighted by atomic mass is 32.2. The van der Waals surface area contributed by atoms with E-state index >= 15 is 0 Å². The highest BCUT2D eigenvalue weighted by molar-refractivity contribution is 7.92. The smallest absolute Gasteiger partial charge is 0.281 e. The number of nitrogens with one attached hydrogen (secondary N) is 2. The van der Waals surface area contributed by atoms with Crippen LogP contribution >= 0.6 is 11.3 Å². The Morgan fingerprint density at radius 3 is 2.42 bits per heavy atom. The predicted octanol–water partition coefficient (Wildman–Crippen LogP) is 1.90. The summed E-state index contributed by atoms with van der Waals surface area (Å²) in [4.78, 5) is 16.9. The van der Waals surface area contributed by atoms with Gasteiger partial charge >= 0.3 is 0 Å². The van der Waals surface area contributed by atoms with Crippen molar-refractivity contribution in [1.82, 2.24) is 13.6 Å². The molecule has 0 atom stereocenters. The maximum atomic E-state index is 12.7. The molecule has 0 aliphatic carbocycles. The summed E-state index contributed by atoms with van der Waals surface area (Å²) in [5, 5.41) is 3.15. The van der Waals surface area contributed by atoms with Gasteiger partial charge in [0.15, 0.2) is 5.13 Å². The molecule has 2 heterocycles. The summed E-state index contributed by atoms with van der Waals surface area (Å²) in [5.41, 5.74) is 1.22. The lowest BCUT2D eigenvalue weighted by Crippen LogP contribution is -2.48. The average molecular weight is 490 g/mol. The van der Waals surface area contributed by atoms with E-state index in [1.54, 1.807) is 32.0 Å². The van der Waals surface area contributed by atoms with Crippen LogP contribution in [0.2, 0.25) is 0 Å². The third-order valence-electron chi connectivity index (χ3n) is 5.11. The zero-order valence-corrected chi connectivity index (χ0v) is 20.1. The van der Waals surface area contributed by atoms with Gasteiger partial charge in [0.1, 0.15) is 0 Å². The van der Waals surface area contributed by atoms with E-state index in [1.807, 2.05) is 0 Å². The van der Waals surface area contributed by atoms with Crippen LogP contribution in [0.25, 0.3) is 10.2 Å². The number of nitrogens with zero attached hydrogens (tertiary/aromatic N) is 3. The van der Waals surface area contributed by atoms with E-state index in [4.69, 9.17) is 0 Å². The van der Waals surface area contributed by atoms with E-state index in [1.165, 1.54) is 19.9 Å². The molecule has 3 rings (SSSR count). The van der Waals surface area contributed by atoms with Crippen LogP contribution < -0.4 is 10.0 Å². The fraction of sp³-hybridized carbons (Fsp3) is 0.556. The number of carbonyl (C=O) groups excluding carboxylic acids is 1. The summed E-state index contributed by atoms with van der Waals surface area (Å²) in [7, 11) is -6.90. The molecule has 0 unspecified atom stereocenters. The molecule has 31 heavy (non-hydrogen) atoms. The highest BCUT2D eigenvalue weighted by Gasteiger charge is 2.33. The number of aromatic nitrogens is 1. The second-order valence-corrected chi connectivity index (χ2v) is 12.0. The van der Waals surface area contributed by atoms with Gasteiger partial charge in [-0.3, -0.25) is 9.52 Å². The summed E-state index contributed by atoms with van der Waals surface area (Å²) in [5.74, 6) is -0.430. The maximum Gasteiger partial charge on any atom is 0.281 e. The Hall–Kier alpha value is -1.80. The first kappa shape index (κ1) is 23.9. The van der Waals surface area contributed by atoms with Crippen LogP contribution in [-0.4, -0.2) is 68.8 Å². The molecule has 0 bridgehead atoms. The third-order valence-corrected chi connectivity index (χ3v) is 8.93. The molecule has 1 amide bonds. The lowest BCUT2D eigenvalue weighted by Gasteiger charge is -2.33. The second-order valence-electron chi connectivity index (χ2n) is 7.33. The SMILES string of the molecule is CCN(CC)S(=O)(=O)N1CCC(C(=O)Nc2ccc3nc(NS(C)(=O)=O)sc3c2)CC1. The summed E-state index contributed by atoms with van der Waals surface area (Å²) in [6.45, 7) is 5.07. The van der Waals surface area contributed by atoms with Crippen molar-refractivity contribution in [1.29, 1.82) is 0 Å². The summed E-state index contributed by atoms with van der Waals surface area (Å²) >= 11 is 1.18. The molecule has 1 aliphatic rings. The molecular formula is C18H27N5O5S3. The highest BCUT2D eigenvalue weighted by Crippen LogP contribution is 2.29. The van der Waals surface area contributed by atoms with Gasteiger partial charge < -0.3 is 5.32 Å². The number of carbonyl (C=O) groups is 1. The standard InChI is InChI=1S/C18H27N5O5S3/c1-4-22(5-2)31(27,28)23-10-8-13(9-11-23)17(24)19-14-6-7-15-16(12-14)29-18(20-15)21-30(3,25)26/h6-7,12-13H,4-5,8-11H2,1-3H3,(H,19,24)(H,20,21). The molecular weight excluding hydrogens is 462 g/mol. The van der Waals surface area contributed by atoms with Crippen molar-refractivity contribution in [2.24, 2.45) is 5.92 Å². The van der Waals surface area contributed by atoms with Gasteiger partial charge in [-0.2, -0.15) is 17.0 Å². The third kappa shape index (κ3) is 5.71. The summed E-state index contributed by atoms with van der Waals surface area (Å²) < 4.78 is 54.0. The number of rotatable bonds is 8. The molecule has 2 N–H and O–H groups in total. The van der Waals surface area contributed by atoms with Crippen LogP contribution in [-0.2, 0) is 25.0 Å². The van der Waals surface area contributed by atoms with Crippen LogP contribution in [0, 0.1) is 5.92 Å². The molecule has 0 spiro atoms. The Kier molecular flexibility index (Phi) is 7.21. The minimum Gasteiger partial charge on any atom is -0.326 e. The van der Waals surface area contributed by atoms with Crippen LogP contribution in [0.4, 0.5) is 10.8 Å². The van der Waals surface area contributed by atoms with Gasteiger partial charge in [-0.25, -0.2) is 13.4 Å². The molecule has 0 saturated carbocycles. The van der Waals surface area contributed by atoms with Crippen LogP contribution in [0.5, 0.6) is 0 Å². The van der Waals surface area contributed by atoms with Crippen molar-refractivity contribution in [3.63, 3.8) is 0 Å².